The van der Waals surface area contributed by atoms with Gasteiger partial charge in [-0.25, -0.2) is 14.6 Å². The molecule has 168 valence electrons. The molecule has 0 atom stereocenters. The second-order valence-electron chi connectivity index (χ2n) is 8.17. The number of rotatable bonds is 4. The Bertz CT molecular complexity index is 1100. The Balaban J connectivity index is 1.52. The van der Waals surface area contributed by atoms with Crippen molar-refractivity contribution in [2.45, 2.75) is 6.54 Å². The molecule has 11 nitrogen and oxygen atoms in total. The molecular formula is C21H27N9O2. The number of amides is 1. The van der Waals surface area contributed by atoms with Gasteiger partial charge in [0.25, 0.3) is 0 Å². The van der Waals surface area contributed by atoms with Gasteiger partial charge in [0, 0.05) is 51.0 Å². The summed E-state index contributed by atoms with van der Waals surface area (Å²) >= 11 is 0. The average molecular weight is 438 g/mol. The molecule has 5 heterocycles. The van der Waals surface area contributed by atoms with E-state index in [0.717, 1.165) is 42.8 Å². The van der Waals surface area contributed by atoms with Gasteiger partial charge >= 0.3 is 0 Å². The fraction of sp³-hybridized carbons (Fsp3) is 0.476. The van der Waals surface area contributed by atoms with Crippen molar-refractivity contribution in [3.05, 3.63) is 24.5 Å². The van der Waals surface area contributed by atoms with E-state index in [1.165, 1.54) is 0 Å². The molecule has 2 aliphatic heterocycles. The Morgan fingerprint density at radius 2 is 1.84 bits per heavy atom. The van der Waals surface area contributed by atoms with Gasteiger partial charge < -0.3 is 25.2 Å². The molecule has 3 aromatic heterocycles. The summed E-state index contributed by atoms with van der Waals surface area (Å²) in [7, 11) is 2.07. The molecule has 2 saturated heterocycles. The number of likely N-dealkylation sites (N-methyl/N-ethyl adjacent to an activating group) is 1. The van der Waals surface area contributed by atoms with Gasteiger partial charge in [-0.2, -0.15) is 10.1 Å². The number of nitrogens with zero attached hydrogens (tertiary/aromatic N) is 8. The first-order valence-electron chi connectivity index (χ1n) is 10.8. The molecule has 0 spiro atoms. The van der Waals surface area contributed by atoms with Crippen LogP contribution in [0.1, 0.15) is 0 Å². The number of hydrogen-bond donors (Lipinski definition) is 1. The third-order valence-corrected chi connectivity index (χ3v) is 5.98. The highest BCUT2D eigenvalue weighted by Gasteiger charge is 2.23. The fourth-order valence-electron chi connectivity index (χ4n) is 4.01. The summed E-state index contributed by atoms with van der Waals surface area (Å²) in [6, 6.07) is 3.64. The maximum Gasteiger partial charge on any atom is 0.244 e. The van der Waals surface area contributed by atoms with Crippen LogP contribution in [0.25, 0.3) is 22.3 Å². The minimum absolute atomic E-state index is 0.0466. The summed E-state index contributed by atoms with van der Waals surface area (Å²) in [4.78, 5) is 33.0. The zero-order valence-electron chi connectivity index (χ0n) is 18.1. The molecule has 2 N–H and O–H groups in total. The Morgan fingerprint density at radius 1 is 1.06 bits per heavy atom. The van der Waals surface area contributed by atoms with Crippen LogP contribution in [-0.4, -0.2) is 100.0 Å². The van der Waals surface area contributed by atoms with E-state index < -0.39 is 0 Å². The number of pyridine rings is 1. The Hall–Kier alpha value is -3.31. The Kier molecular flexibility index (Phi) is 5.58. The van der Waals surface area contributed by atoms with Crippen molar-refractivity contribution in [2.75, 3.05) is 70.2 Å². The van der Waals surface area contributed by atoms with E-state index in [1.807, 2.05) is 11.0 Å². The molecule has 3 aromatic rings. The topological polar surface area (TPSA) is 119 Å². The largest absolute Gasteiger partial charge is 0.384 e. The van der Waals surface area contributed by atoms with Gasteiger partial charge in [0.1, 0.15) is 12.4 Å². The number of fused-ring (bicyclic) bond motifs is 1. The molecule has 0 aromatic carbocycles. The normalized spacial score (nSPS) is 17.8. The lowest BCUT2D eigenvalue weighted by Crippen LogP contribution is -2.48. The van der Waals surface area contributed by atoms with Crippen molar-refractivity contribution in [1.82, 2.24) is 34.5 Å². The number of hydrogen-bond acceptors (Lipinski definition) is 9. The molecule has 11 heteroatoms. The smallest absolute Gasteiger partial charge is 0.244 e. The molecule has 0 bridgehead atoms. The fourth-order valence-corrected chi connectivity index (χ4v) is 4.01. The summed E-state index contributed by atoms with van der Waals surface area (Å²) in [6.07, 6.45) is 3.42. The number of anilines is 2. The van der Waals surface area contributed by atoms with E-state index in [4.69, 9.17) is 20.4 Å². The molecule has 0 unspecified atom stereocenters. The van der Waals surface area contributed by atoms with Crippen LogP contribution in [0.5, 0.6) is 0 Å². The second-order valence-corrected chi connectivity index (χ2v) is 8.17. The maximum absolute atomic E-state index is 12.9. The van der Waals surface area contributed by atoms with E-state index in [0.29, 0.717) is 43.7 Å². The SMILES string of the molecule is CN1CCN(C(=O)Cn2ncc3c(-c4ccc(N)nc4)nc(N4CCOCC4)nc32)CC1. The van der Waals surface area contributed by atoms with Gasteiger partial charge in [0.15, 0.2) is 5.65 Å². The number of nitrogen functional groups attached to an aromatic ring is 1. The van der Waals surface area contributed by atoms with Crippen LogP contribution in [0, 0.1) is 0 Å². The van der Waals surface area contributed by atoms with Crippen LogP contribution < -0.4 is 10.6 Å². The van der Waals surface area contributed by atoms with Crippen LogP contribution in [0.4, 0.5) is 11.8 Å². The number of piperazine rings is 1. The molecule has 5 rings (SSSR count). The molecule has 0 aliphatic carbocycles. The van der Waals surface area contributed by atoms with E-state index in [1.54, 1.807) is 23.1 Å². The summed E-state index contributed by atoms with van der Waals surface area (Å²) in [6.45, 7) is 6.02. The first-order valence-corrected chi connectivity index (χ1v) is 10.8. The van der Waals surface area contributed by atoms with Crippen LogP contribution in [0.3, 0.4) is 0 Å². The van der Waals surface area contributed by atoms with Crippen molar-refractivity contribution >= 4 is 28.7 Å². The predicted molar refractivity (Wildman–Crippen MR) is 120 cm³/mol. The van der Waals surface area contributed by atoms with Crippen molar-refractivity contribution in [2.24, 2.45) is 0 Å². The summed E-state index contributed by atoms with van der Waals surface area (Å²) in [5, 5.41) is 5.28. The Morgan fingerprint density at radius 3 is 2.56 bits per heavy atom. The van der Waals surface area contributed by atoms with Crippen LogP contribution in [0.15, 0.2) is 24.5 Å². The molecule has 0 saturated carbocycles. The zero-order valence-corrected chi connectivity index (χ0v) is 18.1. The minimum atomic E-state index is 0.0466. The number of carbonyl (C=O) groups is 1. The van der Waals surface area contributed by atoms with E-state index in [9.17, 15) is 4.79 Å². The first kappa shape index (κ1) is 20.6. The molecule has 0 radical (unpaired) electrons. The maximum atomic E-state index is 12.9. The standard InChI is InChI=1S/C21H27N9O2/c1-27-4-6-28(7-5-27)18(31)14-30-20-16(13-24-30)19(15-2-3-17(22)23-12-15)25-21(26-20)29-8-10-32-11-9-29/h2-3,12-13H,4-11,14H2,1H3,(H2,22,23). The zero-order chi connectivity index (χ0) is 22.1. The van der Waals surface area contributed by atoms with Gasteiger partial charge in [-0.05, 0) is 19.2 Å². The number of ether oxygens (including phenoxy) is 1. The molecular weight excluding hydrogens is 410 g/mol. The Labute approximate surface area is 185 Å². The summed E-state index contributed by atoms with van der Waals surface area (Å²) in [5.74, 6) is 1.09. The van der Waals surface area contributed by atoms with Crippen LogP contribution in [-0.2, 0) is 16.1 Å². The first-order chi connectivity index (χ1) is 15.6. The molecule has 2 aliphatic rings. The van der Waals surface area contributed by atoms with E-state index in [2.05, 4.69) is 26.9 Å². The lowest BCUT2D eigenvalue weighted by Gasteiger charge is -2.32. The molecule has 1 amide bonds. The van der Waals surface area contributed by atoms with Crippen molar-refractivity contribution < 1.29 is 9.53 Å². The van der Waals surface area contributed by atoms with Crippen LogP contribution >= 0.6 is 0 Å². The average Bonchev–Trinajstić information content (AvgIpc) is 3.22. The number of carbonyl (C=O) groups excluding carboxylic acids is 1. The van der Waals surface area contributed by atoms with Gasteiger partial charge in [0.05, 0.1) is 30.5 Å². The lowest BCUT2D eigenvalue weighted by atomic mass is 10.1. The monoisotopic (exact) mass is 437 g/mol. The van der Waals surface area contributed by atoms with Crippen molar-refractivity contribution in [3.8, 4) is 11.3 Å². The van der Waals surface area contributed by atoms with Crippen molar-refractivity contribution in [3.63, 3.8) is 0 Å². The quantitative estimate of drug-likeness (QED) is 0.605. The molecule has 32 heavy (non-hydrogen) atoms. The van der Waals surface area contributed by atoms with Gasteiger partial charge in [-0.15, -0.1) is 0 Å². The lowest BCUT2D eigenvalue weighted by molar-refractivity contribution is -0.133. The molecule has 2 fully saturated rings. The number of morpholine rings is 1. The van der Waals surface area contributed by atoms with Crippen LogP contribution in [0.2, 0.25) is 0 Å². The highest BCUT2D eigenvalue weighted by atomic mass is 16.5. The summed E-state index contributed by atoms with van der Waals surface area (Å²) < 4.78 is 7.16. The van der Waals surface area contributed by atoms with E-state index >= 15 is 0 Å². The highest BCUT2D eigenvalue weighted by molar-refractivity contribution is 5.91. The summed E-state index contributed by atoms with van der Waals surface area (Å²) in [5.41, 5.74) is 7.96. The van der Waals surface area contributed by atoms with Crippen molar-refractivity contribution in [1.29, 1.82) is 0 Å². The second kappa shape index (κ2) is 8.67. The van der Waals surface area contributed by atoms with E-state index in [-0.39, 0.29) is 12.5 Å². The third-order valence-electron chi connectivity index (χ3n) is 5.98. The highest BCUT2D eigenvalue weighted by Crippen LogP contribution is 2.28. The van der Waals surface area contributed by atoms with Gasteiger partial charge in [0.2, 0.25) is 11.9 Å². The minimum Gasteiger partial charge on any atom is -0.384 e. The number of nitrogens with two attached hydrogens (primary N) is 1. The number of aromatic nitrogens is 5. The van der Waals surface area contributed by atoms with Gasteiger partial charge in [-0.3, -0.25) is 4.79 Å². The third kappa shape index (κ3) is 4.08. The van der Waals surface area contributed by atoms with Gasteiger partial charge in [-0.1, -0.05) is 0 Å². The predicted octanol–water partition coefficient (Wildman–Crippen LogP) is 0.0811.